The second kappa shape index (κ2) is 12.6. The van der Waals surface area contributed by atoms with Crippen LogP contribution in [0.3, 0.4) is 0 Å². The summed E-state index contributed by atoms with van der Waals surface area (Å²) in [4.78, 5) is 12.3. The molecule has 2 atom stereocenters. The van der Waals surface area contributed by atoms with Crippen LogP contribution in [0.1, 0.15) is 78.1 Å². The van der Waals surface area contributed by atoms with Gasteiger partial charge in [0, 0.05) is 5.92 Å². The largest absolute Gasteiger partial charge is 0.330 e. The Balaban J connectivity index is 4.07. The lowest BCUT2D eigenvalue weighted by Crippen LogP contribution is -2.35. The van der Waals surface area contributed by atoms with Crippen molar-refractivity contribution in [1.29, 1.82) is 0 Å². The summed E-state index contributed by atoms with van der Waals surface area (Å²) in [7, 11) is 0. The van der Waals surface area contributed by atoms with Gasteiger partial charge in [0.05, 0.1) is 6.04 Å². The van der Waals surface area contributed by atoms with Gasteiger partial charge in [-0.2, -0.15) is 0 Å². The van der Waals surface area contributed by atoms with Crippen molar-refractivity contribution in [2.75, 3.05) is 6.54 Å². The van der Waals surface area contributed by atoms with Gasteiger partial charge in [0.1, 0.15) is 0 Å². The van der Waals surface area contributed by atoms with Crippen molar-refractivity contribution in [3.63, 3.8) is 0 Å². The molecular weight excluding hydrogens is 236 g/mol. The topological polar surface area (TPSA) is 69.1 Å². The molecule has 19 heavy (non-hydrogen) atoms. The third kappa shape index (κ3) is 9.17. The summed E-state index contributed by atoms with van der Waals surface area (Å²) in [5, 5.41) is 0. The Morgan fingerprint density at radius 2 is 1.58 bits per heavy atom. The maximum Gasteiger partial charge on any atom is 0.152 e. The Bertz CT molecular complexity index is 219. The van der Waals surface area contributed by atoms with E-state index in [0.717, 1.165) is 38.5 Å². The number of Topliss-reactive ketones (excluding diaryl/α,β-unsaturated/α-hetero) is 1. The van der Waals surface area contributed by atoms with Gasteiger partial charge in [0.25, 0.3) is 0 Å². The highest BCUT2D eigenvalue weighted by Gasteiger charge is 2.22. The average molecular weight is 270 g/mol. The second-order valence-corrected chi connectivity index (χ2v) is 5.63. The van der Waals surface area contributed by atoms with Crippen molar-refractivity contribution in [3.05, 3.63) is 0 Å². The third-order valence-corrected chi connectivity index (χ3v) is 3.78. The molecule has 0 amide bonds. The molecule has 0 aliphatic rings. The predicted molar refractivity (Wildman–Crippen MR) is 83.0 cm³/mol. The van der Waals surface area contributed by atoms with Crippen LogP contribution in [0, 0.1) is 5.92 Å². The predicted octanol–water partition coefficient (Wildman–Crippen LogP) is 3.40. The zero-order chi connectivity index (χ0) is 14.5. The normalized spacial score (nSPS) is 14.3. The minimum atomic E-state index is -0.269. The molecule has 0 bridgehead atoms. The molecule has 114 valence electrons. The van der Waals surface area contributed by atoms with Crippen LogP contribution in [0.5, 0.6) is 0 Å². The minimum Gasteiger partial charge on any atom is -0.330 e. The fraction of sp³-hybridized carbons (Fsp3) is 0.938. The van der Waals surface area contributed by atoms with Crippen molar-refractivity contribution in [2.45, 2.75) is 84.1 Å². The number of carbonyl (C=O) groups is 1. The van der Waals surface area contributed by atoms with Crippen LogP contribution >= 0.6 is 0 Å². The molecule has 0 aliphatic heterocycles. The van der Waals surface area contributed by atoms with Crippen molar-refractivity contribution < 1.29 is 4.79 Å². The first-order valence-electron chi connectivity index (χ1n) is 8.16. The first-order chi connectivity index (χ1) is 9.17. The van der Waals surface area contributed by atoms with Gasteiger partial charge in [-0.1, -0.05) is 52.4 Å². The number of rotatable bonds is 13. The van der Waals surface area contributed by atoms with Crippen LogP contribution in [0.4, 0.5) is 0 Å². The van der Waals surface area contributed by atoms with E-state index in [1.54, 1.807) is 0 Å². The van der Waals surface area contributed by atoms with Gasteiger partial charge >= 0.3 is 0 Å². The number of nitrogens with two attached hydrogens (primary N) is 2. The lowest BCUT2D eigenvalue weighted by atomic mass is 9.87. The summed E-state index contributed by atoms with van der Waals surface area (Å²) in [6, 6.07) is -0.269. The third-order valence-electron chi connectivity index (χ3n) is 3.78. The Hall–Kier alpha value is -0.410. The van der Waals surface area contributed by atoms with E-state index in [-0.39, 0.29) is 17.7 Å². The van der Waals surface area contributed by atoms with E-state index >= 15 is 0 Å². The molecule has 0 aliphatic carbocycles. The molecule has 4 N–H and O–H groups in total. The lowest BCUT2D eigenvalue weighted by molar-refractivity contribution is -0.124. The van der Waals surface area contributed by atoms with E-state index in [0.29, 0.717) is 6.54 Å². The number of hydrogen-bond acceptors (Lipinski definition) is 3. The smallest absolute Gasteiger partial charge is 0.152 e. The van der Waals surface area contributed by atoms with Crippen LogP contribution in [-0.2, 0) is 4.79 Å². The van der Waals surface area contributed by atoms with Crippen LogP contribution < -0.4 is 11.5 Å². The molecule has 3 heteroatoms. The summed E-state index contributed by atoms with van der Waals surface area (Å²) >= 11 is 0. The maximum absolute atomic E-state index is 12.3. The number of ketones is 1. The fourth-order valence-electron chi connectivity index (χ4n) is 2.55. The Labute approximate surface area is 119 Å². The summed E-state index contributed by atoms with van der Waals surface area (Å²) in [6.45, 7) is 5.05. The van der Waals surface area contributed by atoms with Gasteiger partial charge in [0.2, 0.25) is 0 Å². The molecule has 0 aromatic rings. The molecule has 0 fully saturated rings. The van der Waals surface area contributed by atoms with Crippen LogP contribution in [0.2, 0.25) is 0 Å². The summed E-state index contributed by atoms with van der Waals surface area (Å²) < 4.78 is 0. The number of carbonyl (C=O) groups excluding carboxylic acids is 1. The molecule has 0 spiro atoms. The van der Waals surface area contributed by atoms with E-state index in [2.05, 4.69) is 13.8 Å². The van der Waals surface area contributed by atoms with Crippen molar-refractivity contribution >= 4 is 5.78 Å². The highest BCUT2D eigenvalue weighted by Crippen LogP contribution is 2.19. The minimum absolute atomic E-state index is 0.190. The first kappa shape index (κ1) is 18.6. The van der Waals surface area contributed by atoms with E-state index < -0.39 is 0 Å². The highest BCUT2D eigenvalue weighted by atomic mass is 16.1. The standard InChI is InChI=1S/C16H34N2O/c1-3-5-6-7-11-14(10-4-2)16(19)15(18)12-8-9-13-17/h14-15H,3-13,17-18H2,1-2H3/t14?,15-/m0/s1. The Kier molecular flexibility index (Phi) is 12.3. The van der Waals surface area contributed by atoms with Gasteiger partial charge in [0.15, 0.2) is 5.78 Å². The molecule has 0 saturated heterocycles. The van der Waals surface area contributed by atoms with Crippen LogP contribution in [-0.4, -0.2) is 18.4 Å². The Morgan fingerprint density at radius 1 is 0.895 bits per heavy atom. The van der Waals surface area contributed by atoms with Gasteiger partial charge in [-0.15, -0.1) is 0 Å². The van der Waals surface area contributed by atoms with Crippen molar-refractivity contribution in [3.8, 4) is 0 Å². The van der Waals surface area contributed by atoms with Crippen molar-refractivity contribution in [1.82, 2.24) is 0 Å². The zero-order valence-corrected chi connectivity index (χ0v) is 13.0. The molecule has 3 nitrogen and oxygen atoms in total. The highest BCUT2D eigenvalue weighted by molar-refractivity contribution is 5.86. The first-order valence-corrected chi connectivity index (χ1v) is 8.16. The molecule has 0 aromatic heterocycles. The molecule has 0 saturated carbocycles. The monoisotopic (exact) mass is 270 g/mol. The van der Waals surface area contributed by atoms with E-state index in [1.807, 2.05) is 0 Å². The second-order valence-electron chi connectivity index (χ2n) is 5.63. The SMILES string of the molecule is CCCCCCC(CCC)C(=O)[C@@H](N)CCCCN. The molecule has 0 radical (unpaired) electrons. The maximum atomic E-state index is 12.3. The number of unbranched alkanes of at least 4 members (excludes halogenated alkanes) is 4. The quantitative estimate of drug-likeness (QED) is 0.504. The summed E-state index contributed by atoms with van der Waals surface area (Å²) in [6.07, 6.45) is 10.7. The summed E-state index contributed by atoms with van der Waals surface area (Å²) in [5.41, 5.74) is 11.5. The van der Waals surface area contributed by atoms with Crippen LogP contribution in [0.15, 0.2) is 0 Å². The molecular formula is C16H34N2O. The molecule has 0 aromatic carbocycles. The fourth-order valence-corrected chi connectivity index (χ4v) is 2.55. The lowest BCUT2D eigenvalue weighted by Gasteiger charge is -2.19. The average Bonchev–Trinajstić information content (AvgIpc) is 2.41. The van der Waals surface area contributed by atoms with Crippen LogP contribution in [0.25, 0.3) is 0 Å². The van der Waals surface area contributed by atoms with Gasteiger partial charge in [-0.05, 0) is 32.2 Å². The molecule has 1 unspecified atom stereocenters. The Morgan fingerprint density at radius 3 is 2.16 bits per heavy atom. The van der Waals surface area contributed by atoms with Crippen molar-refractivity contribution in [2.24, 2.45) is 17.4 Å². The van der Waals surface area contributed by atoms with Gasteiger partial charge in [-0.25, -0.2) is 0 Å². The molecule has 0 rings (SSSR count). The van der Waals surface area contributed by atoms with E-state index in [9.17, 15) is 4.79 Å². The zero-order valence-electron chi connectivity index (χ0n) is 13.0. The van der Waals surface area contributed by atoms with Gasteiger partial charge < -0.3 is 11.5 Å². The van der Waals surface area contributed by atoms with E-state index in [4.69, 9.17) is 11.5 Å². The van der Waals surface area contributed by atoms with Gasteiger partial charge in [-0.3, -0.25) is 4.79 Å². The molecule has 0 heterocycles. The van der Waals surface area contributed by atoms with E-state index in [1.165, 1.54) is 25.7 Å². The summed E-state index contributed by atoms with van der Waals surface area (Å²) in [5.74, 6) is 0.477. The number of hydrogen-bond donors (Lipinski definition) is 2.